The first kappa shape index (κ1) is 12.3. The van der Waals surface area contributed by atoms with Gasteiger partial charge in [0.1, 0.15) is 5.33 Å². The summed E-state index contributed by atoms with van der Waals surface area (Å²) < 4.78 is 4.21. The van der Waals surface area contributed by atoms with Crippen molar-refractivity contribution in [1.29, 1.82) is 0 Å². The minimum absolute atomic E-state index is 0.000000000000000222. The molecule has 0 rings (SSSR count). The molecule has 0 aliphatic heterocycles. The molecule has 0 saturated carbocycles. The number of rotatable bonds is 1. The fourth-order valence-corrected chi connectivity index (χ4v) is 0.283. The third-order valence-corrected chi connectivity index (χ3v) is 0.795. The van der Waals surface area contributed by atoms with E-state index in [0.29, 0.717) is 0 Å². The summed E-state index contributed by atoms with van der Waals surface area (Å²) in [4.78, 5) is 9.91. The average molecular weight is 229 g/mol. The molecule has 0 heterocycles. The summed E-state index contributed by atoms with van der Waals surface area (Å²) in [6, 6.07) is 0. The second kappa shape index (κ2) is 8.64. The Labute approximate surface area is 73.0 Å². The Morgan fingerprint density at radius 3 is 2.00 bits per heavy atom. The number of carbonyl (C=O) groups excluding carboxylic acids is 1. The smallest absolute Gasteiger partial charge is 0.316 e. The molecule has 0 unspecified atom stereocenters. The van der Waals surface area contributed by atoms with Crippen molar-refractivity contribution in [3.63, 3.8) is 0 Å². The lowest BCUT2D eigenvalue weighted by Crippen LogP contribution is -2.18. The molecule has 0 radical (unpaired) electrons. The van der Waals surface area contributed by atoms with Gasteiger partial charge in [0, 0.05) is 0 Å². The van der Waals surface area contributed by atoms with Crippen LogP contribution in [0, 0.1) is 0 Å². The molecule has 0 bridgehead atoms. The second-order valence-electron chi connectivity index (χ2n) is 1.11. The van der Waals surface area contributed by atoms with Crippen LogP contribution in [-0.2, 0) is 9.53 Å². The Balaban J connectivity index is 0. The lowest BCUT2D eigenvalue weighted by molar-refractivity contribution is -0.137. The molecule has 0 aromatic heterocycles. The number of alkyl halides is 1. The van der Waals surface area contributed by atoms with Crippen molar-refractivity contribution in [2.75, 3.05) is 12.4 Å². The van der Waals surface area contributed by atoms with E-state index in [1.807, 2.05) is 0 Å². The summed E-state index contributed by atoms with van der Waals surface area (Å²) in [6.45, 7) is 0. The van der Waals surface area contributed by atoms with Gasteiger partial charge in [-0.15, -0.1) is 0 Å². The van der Waals surface area contributed by atoms with Crippen LogP contribution in [-0.4, -0.2) is 23.5 Å². The van der Waals surface area contributed by atoms with Gasteiger partial charge in [0.05, 0.1) is 7.11 Å². The van der Waals surface area contributed by atoms with Crippen LogP contribution in [0.1, 0.15) is 0 Å². The molecule has 6 heteroatoms. The van der Waals surface area contributed by atoms with Gasteiger partial charge < -0.3 is 16.2 Å². The Hall–Kier alpha value is -0.360. The summed E-state index contributed by atoms with van der Waals surface area (Å²) >= 11 is 6.99. The molecule has 0 fully saturated rings. The molecule has 10 heavy (non-hydrogen) atoms. The highest BCUT2D eigenvalue weighted by molar-refractivity contribution is 9.09. The lowest BCUT2D eigenvalue weighted by atomic mass is 10.8. The zero-order valence-corrected chi connectivity index (χ0v) is 7.87. The highest BCUT2D eigenvalue weighted by Crippen LogP contribution is 1.79. The van der Waals surface area contributed by atoms with Crippen LogP contribution in [0.5, 0.6) is 0 Å². The Morgan fingerprint density at radius 1 is 1.70 bits per heavy atom. The van der Waals surface area contributed by atoms with Crippen LogP contribution in [0.3, 0.4) is 0 Å². The third kappa shape index (κ3) is 25.4. The molecule has 60 valence electrons. The van der Waals surface area contributed by atoms with E-state index in [9.17, 15) is 4.79 Å². The molecule has 0 aromatic carbocycles. The number of thiocarbonyl (C=S) groups is 1. The molecule has 0 atom stereocenters. The standard InChI is InChI=1S/C3H5BrO2.CH4N2S/c1-6-3(5)2-4;2-1(3)4/h2H2,1H3;(H4,2,3,4). The third-order valence-electron chi connectivity index (χ3n) is 0.337. The molecule has 0 aromatic rings. The minimum Gasteiger partial charge on any atom is -0.468 e. The molecular formula is C4H9BrN2O2S. The monoisotopic (exact) mass is 228 g/mol. The zero-order chi connectivity index (χ0) is 8.57. The molecule has 4 N–H and O–H groups in total. The van der Waals surface area contributed by atoms with E-state index in [1.165, 1.54) is 7.11 Å². The van der Waals surface area contributed by atoms with E-state index in [2.05, 4.69) is 44.4 Å². The van der Waals surface area contributed by atoms with Crippen molar-refractivity contribution in [3.05, 3.63) is 0 Å². The number of nitrogens with two attached hydrogens (primary N) is 2. The van der Waals surface area contributed by atoms with Crippen molar-refractivity contribution in [2.24, 2.45) is 11.5 Å². The number of ether oxygens (including phenoxy) is 1. The normalized spacial score (nSPS) is 7.00. The first-order valence-electron chi connectivity index (χ1n) is 2.22. The molecule has 0 aliphatic rings. The predicted molar refractivity (Wildman–Crippen MR) is 46.8 cm³/mol. The number of methoxy groups -OCH3 is 1. The lowest BCUT2D eigenvalue weighted by Gasteiger charge is -1.86. The average Bonchev–Trinajstić information content (AvgIpc) is 1.85. The topological polar surface area (TPSA) is 78.3 Å². The molecule has 0 saturated heterocycles. The van der Waals surface area contributed by atoms with Crippen molar-refractivity contribution in [3.8, 4) is 0 Å². The highest BCUT2D eigenvalue weighted by atomic mass is 79.9. The quantitative estimate of drug-likeness (QED) is 0.368. The summed E-state index contributed by atoms with van der Waals surface area (Å²) in [5, 5.41) is 0.281. The van der Waals surface area contributed by atoms with Crippen molar-refractivity contribution in [2.45, 2.75) is 0 Å². The van der Waals surface area contributed by atoms with E-state index >= 15 is 0 Å². The Bertz CT molecular complexity index is 110. The summed E-state index contributed by atoms with van der Waals surface area (Å²) in [6.07, 6.45) is 0. The fraction of sp³-hybridized carbons (Fsp3) is 0.500. The number of halogens is 1. The molecular weight excluding hydrogens is 220 g/mol. The minimum atomic E-state index is -0.241. The van der Waals surface area contributed by atoms with E-state index in [1.54, 1.807) is 0 Å². The van der Waals surface area contributed by atoms with Gasteiger partial charge in [-0.1, -0.05) is 15.9 Å². The maximum atomic E-state index is 9.91. The van der Waals surface area contributed by atoms with E-state index in [4.69, 9.17) is 0 Å². The molecule has 0 spiro atoms. The summed E-state index contributed by atoms with van der Waals surface area (Å²) in [7, 11) is 1.35. The van der Waals surface area contributed by atoms with E-state index in [-0.39, 0.29) is 16.4 Å². The van der Waals surface area contributed by atoms with E-state index < -0.39 is 0 Å². The summed E-state index contributed by atoms with van der Waals surface area (Å²) in [5.41, 5.74) is 9.24. The first-order chi connectivity index (χ1) is 4.54. The van der Waals surface area contributed by atoms with Gasteiger partial charge in [0.2, 0.25) is 0 Å². The van der Waals surface area contributed by atoms with Gasteiger partial charge in [0.15, 0.2) is 5.11 Å². The highest BCUT2D eigenvalue weighted by Gasteiger charge is 1.89. The number of hydrogen-bond donors (Lipinski definition) is 2. The van der Waals surface area contributed by atoms with Crippen molar-refractivity contribution < 1.29 is 9.53 Å². The molecule has 0 aliphatic carbocycles. The van der Waals surface area contributed by atoms with Gasteiger partial charge in [-0.05, 0) is 12.2 Å². The SMILES string of the molecule is COC(=O)CBr.NC(N)=S. The van der Waals surface area contributed by atoms with Crippen LogP contribution >= 0.6 is 28.1 Å². The summed E-state index contributed by atoms with van der Waals surface area (Å²) in [5.74, 6) is -0.241. The second-order valence-corrected chi connectivity index (χ2v) is 2.14. The van der Waals surface area contributed by atoms with Crippen LogP contribution < -0.4 is 11.5 Å². The van der Waals surface area contributed by atoms with E-state index in [0.717, 1.165) is 0 Å². The van der Waals surface area contributed by atoms with Crippen molar-refractivity contribution in [1.82, 2.24) is 0 Å². The number of carbonyl (C=O) groups is 1. The van der Waals surface area contributed by atoms with Gasteiger partial charge in [-0.2, -0.15) is 0 Å². The van der Waals surface area contributed by atoms with Gasteiger partial charge in [0.25, 0.3) is 0 Å². The predicted octanol–water partition coefficient (Wildman–Crippen LogP) is -0.257. The largest absolute Gasteiger partial charge is 0.468 e. The molecule has 0 amide bonds. The van der Waals surface area contributed by atoms with Crippen LogP contribution in [0.4, 0.5) is 0 Å². The number of hydrogen-bond acceptors (Lipinski definition) is 3. The first-order valence-corrected chi connectivity index (χ1v) is 3.75. The Kier molecular flexibility index (Phi) is 10.7. The molecule has 4 nitrogen and oxygen atoms in total. The van der Waals surface area contributed by atoms with Crippen LogP contribution in [0.15, 0.2) is 0 Å². The fourth-order valence-electron chi connectivity index (χ4n) is 0.0546. The van der Waals surface area contributed by atoms with Gasteiger partial charge in [-0.25, -0.2) is 0 Å². The van der Waals surface area contributed by atoms with Crippen LogP contribution in [0.2, 0.25) is 0 Å². The Morgan fingerprint density at radius 2 is 2.00 bits per heavy atom. The van der Waals surface area contributed by atoms with Crippen molar-refractivity contribution >= 4 is 39.2 Å². The van der Waals surface area contributed by atoms with Gasteiger partial charge in [-0.3, -0.25) is 4.79 Å². The van der Waals surface area contributed by atoms with Crippen LogP contribution in [0.25, 0.3) is 0 Å². The maximum Gasteiger partial charge on any atom is 0.316 e. The van der Waals surface area contributed by atoms with Gasteiger partial charge >= 0.3 is 5.97 Å². The maximum absolute atomic E-state index is 9.91. The number of esters is 1. The zero-order valence-electron chi connectivity index (χ0n) is 5.46.